The number of hydrogen-bond donors (Lipinski definition) is 1. The lowest BCUT2D eigenvalue weighted by molar-refractivity contribution is -0.121. The number of methoxy groups -OCH3 is 2. The summed E-state index contributed by atoms with van der Waals surface area (Å²) in [5, 5.41) is 3.98. The van der Waals surface area contributed by atoms with Crippen molar-refractivity contribution in [1.29, 1.82) is 0 Å². The number of carbonyl (C=O) groups is 1. The molecule has 9 heteroatoms. The highest BCUT2D eigenvalue weighted by Crippen LogP contribution is 2.35. The first-order chi connectivity index (χ1) is 12.5. The summed E-state index contributed by atoms with van der Waals surface area (Å²) in [5.41, 5.74) is 3.99. The second-order valence-electron chi connectivity index (χ2n) is 5.66. The minimum atomic E-state index is -0.204. The van der Waals surface area contributed by atoms with Crippen LogP contribution in [0.3, 0.4) is 0 Å². The third kappa shape index (κ3) is 6.90. The Bertz CT molecular complexity index is 606. The number of benzene rings is 1. The van der Waals surface area contributed by atoms with E-state index < -0.39 is 0 Å². The number of alkyl halides is 2. The van der Waals surface area contributed by atoms with Crippen LogP contribution in [0.2, 0.25) is 0 Å². The molecule has 1 N–H and O–H groups in total. The molecule has 0 saturated heterocycles. The molecule has 0 fully saturated rings. The maximum Gasteiger partial charge on any atom is 0.254 e. The Kier molecular flexibility index (Phi) is 10.2. The largest absolute Gasteiger partial charge is 0.496 e. The summed E-state index contributed by atoms with van der Waals surface area (Å²) < 4.78 is 11.0. The van der Waals surface area contributed by atoms with Crippen LogP contribution < -0.4 is 19.8 Å². The third-order valence-electron chi connectivity index (χ3n) is 3.43. The van der Waals surface area contributed by atoms with Crippen molar-refractivity contribution in [1.82, 2.24) is 10.3 Å². The number of carbonyl (C=O) groups excluding carboxylic acids is 1. The minimum absolute atomic E-state index is 0.204. The molecule has 0 radical (unpaired) electrons. The van der Waals surface area contributed by atoms with Crippen LogP contribution in [0.1, 0.15) is 5.56 Å². The van der Waals surface area contributed by atoms with Crippen molar-refractivity contribution in [2.24, 2.45) is 5.10 Å². The van der Waals surface area contributed by atoms with Gasteiger partial charge in [0.2, 0.25) is 0 Å². The number of ether oxygens (including phenoxy) is 2. The van der Waals surface area contributed by atoms with Gasteiger partial charge in [-0.15, -0.1) is 23.2 Å². The Morgan fingerprint density at radius 1 is 1.15 bits per heavy atom. The molecular formula is C17H26Cl2N4O3. The molecule has 7 nitrogen and oxygen atoms in total. The Hall–Kier alpha value is -1.70. The molecule has 146 valence electrons. The number of hydrogen-bond acceptors (Lipinski definition) is 6. The minimum Gasteiger partial charge on any atom is -0.496 e. The van der Waals surface area contributed by atoms with Gasteiger partial charge in [-0.25, -0.2) is 5.43 Å². The predicted molar refractivity (Wildman–Crippen MR) is 107 cm³/mol. The normalized spacial score (nSPS) is 11.0. The summed E-state index contributed by atoms with van der Waals surface area (Å²) in [5.74, 6) is 1.96. The van der Waals surface area contributed by atoms with Gasteiger partial charge >= 0.3 is 0 Å². The molecule has 1 rings (SSSR count). The molecule has 0 aromatic heterocycles. The lowest BCUT2D eigenvalue weighted by atomic mass is 10.1. The standard InChI is InChI=1S/C17H26Cl2N4O3/c1-22(2)12-17(24)21-20-11-13-9-16(26-4)14(10-15(13)25-3)23(7-5-18)8-6-19/h9-11H,5-8,12H2,1-4H3,(H,21,24)/b20-11-. The molecule has 0 aliphatic heterocycles. The molecule has 0 spiro atoms. The topological polar surface area (TPSA) is 66.4 Å². The number of halogens is 2. The first kappa shape index (κ1) is 22.3. The van der Waals surface area contributed by atoms with Crippen molar-refractivity contribution < 1.29 is 14.3 Å². The fraction of sp³-hybridized carbons (Fsp3) is 0.529. The van der Waals surface area contributed by atoms with Crippen molar-refractivity contribution >= 4 is 41.0 Å². The van der Waals surface area contributed by atoms with E-state index >= 15 is 0 Å². The molecule has 1 aromatic rings. The monoisotopic (exact) mass is 404 g/mol. The van der Waals surface area contributed by atoms with Gasteiger partial charge in [0.25, 0.3) is 5.91 Å². The van der Waals surface area contributed by atoms with Crippen molar-refractivity contribution in [2.45, 2.75) is 0 Å². The van der Waals surface area contributed by atoms with Crippen LogP contribution in [0.15, 0.2) is 17.2 Å². The highest BCUT2D eigenvalue weighted by molar-refractivity contribution is 6.18. The summed E-state index contributed by atoms with van der Waals surface area (Å²) in [4.78, 5) is 15.4. The molecule has 0 heterocycles. The van der Waals surface area contributed by atoms with Gasteiger partial charge < -0.3 is 19.3 Å². The number of amides is 1. The fourth-order valence-electron chi connectivity index (χ4n) is 2.31. The van der Waals surface area contributed by atoms with E-state index in [4.69, 9.17) is 32.7 Å². The van der Waals surface area contributed by atoms with E-state index in [-0.39, 0.29) is 12.5 Å². The molecule has 0 atom stereocenters. The van der Waals surface area contributed by atoms with E-state index in [0.29, 0.717) is 41.9 Å². The summed E-state index contributed by atoms with van der Waals surface area (Å²) in [6.07, 6.45) is 1.52. The summed E-state index contributed by atoms with van der Waals surface area (Å²) >= 11 is 11.8. The zero-order chi connectivity index (χ0) is 19.5. The second-order valence-corrected chi connectivity index (χ2v) is 6.42. The number of hydrazone groups is 1. The number of nitrogens with zero attached hydrogens (tertiary/aromatic N) is 3. The first-order valence-corrected chi connectivity index (χ1v) is 9.13. The van der Waals surface area contributed by atoms with Crippen molar-refractivity contribution in [3.63, 3.8) is 0 Å². The molecule has 1 aromatic carbocycles. The summed E-state index contributed by atoms with van der Waals surface area (Å²) in [6.45, 7) is 1.51. The Labute approximate surface area is 164 Å². The van der Waals surface area contributed by atoms with Gasteiger partial charge in [-0.2, -0.15) is 5.10 Å². The van der Waals surface area contributed by atoms with E-state index in [1.807, 2.05) is 25.1 Å². The van der Waals surface area contributed by atoms with Gasteiger partial charge in [-0.1, -0.05) is 0 Å². The Morgan fingerprint density at radius 3 is 2.27 bits per heavy atom. The van der Waals surface area contributed by atoms with E-state index in [1.165, 1.54) is 6.21 Å². The number of likely N-dealkylation sites (N-methyl/N-ethyl adjacent to an activating group) is 1. The van der Waals surface area contributed by atoms with E-state index in [2.05, 4.69) is 10.5 Å². The fourth-order valence-corrected chi connectivity index (χ4v) is 2.71. The van der Waals surface area contributed by atoms with Gasteiger partial charge in [-0.05, 0) is 20.2 Å². The number of nitrogens with one attached hydrogen (secondary N) is 1. The average molecular weight is 405 g/mol. The maximum absolute atomic E-state index is 11.7. The van der Waals surface area contributed by atoms with E-state index in [1.54, 1.807) is 25.2 Å². The van der Waals surface area contributed by atoms with Gasteiger partial charge in [0.1, 0.15) is 11.5 Å². The van der Waals surface area contributed by atoms with Gasteiger partial charge in [0.05, 0.1) is 32.7 Å². The molecule has 0 unspecified atom stereocenters. The SMILES string of the molecule is COc1cc(N(CCCl)CCCl)c(OC)cc1/C=N\NC(=O)CN(C)C. The molecule has 1 amide bonds. The lowest BCUT2D eigenvalue weighted by Crippen LogP contribution is -2.30. The van der Waals surface area contributed by atoms with Gasteiger partial charge in [0.15, 0.2) is 0 Å². The highest BCUT2D eigenvalue weighted by atomic mass is 35.5. The highest BCUT2D eigenvalue weighted by Gasteiger charge is 2.16. The molecule has 0 saturated carbocycles. The third-order valence-corrected chi connectivity index (χ3v) is 3.77. The van der Waals surface area contributed by atoms with Crippen molar-refractivity contribution in [3.8, 4) is 11.5 Å². The van der Waals surface area contributed by atoms with Crippen molar-refractivity contribution in [3.05, 3.63) is 17.7 Å². The van der Waals surface area contributed by atoms with Crippen LogP contribution in [0.25, 0.3) is 0 Å². The van der Waals surface area contributed by atoms with Crippen LogP contribution in [-0.4, -0.2) is 76.7 Å². The van der Waals surface area contributed by atoms with Crippen LogP contribution in [0.4, 0.5) is 5.69 Å². The van der Waals surface area contributed by atoms with Gasteiger partial charge in [-0.3, -0.25) is 4.79 Å². The van der Waals surface area contributed by atoms with E-state index in [0.717, 1.165) is 5.69 Å². The van der Waals surface area contributed by atoms with Crippen LogP contribution in [0, 0.1) is 0 Å². The zero-order valence-electron chi connectivity index (χ0n) is 15.6. The summed E-state index contributed by atoms with van der Waals surface area (Å²) in [6, 6.07) is 3.64. The number of rotatable bonds is 11. The van der Waals surface area contributed by atoms with Crippen LogP contribution >= 0.6 is 23.2 Å². The van der Waals surface area contributed by atoms with Gasteiger partial charge in [0, 0.05) is 36.5 Å². The van der Waals surface area contributed by atoms with Crippen LogP contribution in [-0.2, 0) is 4.79 Å². The Balaban J connectivity index is 3.09. The molecule has 26 heavy (non-hydrogen) atoms. The maximum atomic E-state index is 11.7. The van der Waals surface area contributed by atoms with Crippen molar-refractivity contribution in [2.75, 3.05) is 64.6 Å². The molecular weight excluding hydrogens is 379 g/mol. The zero-order valence-corrected chi connectivity index (χ0v) is 17.1. The summed E-state index contributed by atoms with van der Waals surface area (Å²) in [7, 11) is 6.78. The first-order valence-electron chi connectivity index (χ1n) is 8.06. The smallest absolute Gasteiger partial charge is 0.254 e. The van der Waals surface area contributed by atoms with Crippen LogP contribution in [0.5, 0.6) is 11.5 Å². The molecule has 0 aliphatic carbocycles. The molecule has 0 aliphatic rings. The molecule has 0 bridgehead atoms. The Morgan fingerprint density at radius 2 is 1.77 bits per heavy atom. The predicted octanol–water partition coefficient (Wildman–Crippen LogP) is 2.00. The average Bonchev–Trinajstić information content (AvgIpc) is 2.60. The van der Waals surface area contributed by atoms with E-state index in [9.17, 15) is 4.79 Å². The number of anilines is 1. The second kappa shape index (κ2) is 11.8. The quantitative estimate of drug-likeness (QED) is 0.347. The lowest BCUT2D eigenvalue weighted by Gasteiger charge is -2.26.